The lowest BCUT2D eigenvalue weighted by Gasteiger charge is -2.27. The number of amides is 2. The maximum absolute atomic E-state index is 12.8. The number of rotatable bonds is 5. The SMILES string of the molecule is COC(=O)c1ccc(C(=O)N2CCCN2C(=O)Cn2nnc(-c3ccccn3)n2)nc1. The molecule has 0 radical (unpaired) electrons. The molecule has 4 heterocycles. The summed E-state index contributed by atoms with van der Waals surface area (Å²) in [7, 11) is 1.26. The number of hydrogen-bond donors (Lipinski definition) is 0. The minimum atomic E-state index is -0.546. The Bertz CT molecular complexity index is 1100. The highest BCUT2D eigenvalue weighted by Crippen LogP contribution is 2.16. The van der Waals surface area contributed by atoms with Gasteiger partial charge >= 0.3 is 5.97 Å². The first-order valence-corrected chi connectivity index (χ1v) is 9.42. The molecule has 1 aliphatic rings. The van der Waals surface area contributed by atoms with E-state index in [9.17, 15) is 14.4 Å². The molecule has 1 fully saturated rings. The Labute approximate surface area is 176 Å². The van der Waals surface area contributed by atoms with Crippen molar-refractivity contribution in [2.75, 3.05) is 20.2 Å². The van der Waals surface area contributed by atoms with Crippen molar-refractivity contribution in [1.29, 1.82) is 0 Å². The van der Waals surface area contributed by atoms with E-state index in [1.54, 1.807) is 24.4 Å². The van der Waals surface area contributed by atoms with E-state index in [-0.39, 0.29) is 23.7 Å². The van der Waals surface area contributed by atoms with Gasteiger partial charge < -0.3 is 4.74 Å². The van der Waals surface area contributed by atoms with Crippen LogP contribution in [-0.4, -0.2) is 78.2 Å². The zero-order chi connectivity index (χ0) is 21.8. The maximum atomic E-state index is 12.8. The number of carbonyl (C=O) groups excluding carboxylic acids is 3. The molecule has 0 saturated carbocycles. The summed E-state index contributed by atoms with van der Waals surface area (Å²) in [6.07, 6.45) is 3.50. The number of tetrazole rings is 1. The van der Waals surface area contributed by atoms with E-state index in [1.807, 2.05) is 0 Å². The quantitative estimate of drug-likeness (QED) is 0.528. The Balaban J connectivity index is 1.44. The molecule has 2 amide bonds. The predicted molar refractivity (Wildman–Crippen MR) is 104 cm³/mol. The Morgan fingerprint density at radius 1 is 1.06 bits per heavy atom. The minimum absolute atomic E-state index is 0.115. The average molecular weight is 422 g/mol. The molecule has 1 saturated heterocycles. The van der Waals surface area contributed by atoms with E-state index in [1.165, 1.54) is 35.5 Å². The lowest BCUT2D eigenvalue weighted by Crippen LogP contribution is -2.46. The lowest BCUT2D eigenvalue weighted by molar-refractivity contribution is -0.141. The average Bonchev–Trinajstić information content (AvgIpc) is 3.49. The van der Waals surface area contributed by atoms with Gasteiger partial charge in [0.25, 0.3) is 11.8 Å². The first-order chi connectivity index (χ1) is 15.1. The fourth-order valence-corrected chi connectivity index (χ4v) is 3.08. The molecule has 0 aliphatic carbocycles. The van der Waals surface area contributed by atoms with Gasteiger partial charge in [-0.15, -0.1) is 10.2 Å². The van der Waals surface area contributed by atoms with Gasteiger partial charge in [-0.1, -0.05) is 6.07 Å². The molecule has 0 bridgehead atoms. The molecule has 0 spiro atoms. The molecular formula is C19H18N8O4. The van der Waals surface area contributed by atoms with Gasteiger partial charge in [-0.25, -0.2) is 14.8 Å². The van der Waals surface area contributed by atoms with Crippen molar-refractivity contribution in [2.24, 2.45) is 0 Å². The van der Waals surface area contributed by atoms with Crippen molar-refractivity contribution in [2.45, 2.75) is 13.0 Å². The molecule has 0 N–H and O–H groups in total. The van der Waals surface area contributed by atoms with Crippen molar-refractivity contribution in [1.82, 2.24) is 40.2 Å². The third kappa shape index (κ3) is 4.22. The Morgan fingerprint density at radius 3 is 2.61 bits per heavy atom. The van der Waals surface area contributed by atoms with Gasteiger partial charge in [0.2, 0.25) is 5.82 Å². The van der Waals surface area contributed by atoms with Crippen molar-refractivity contribution < 1.29 is 19.1 Å². The first-order valence-electron chi connectivity index (χ1n) is 9.42. The number of carbonyl (C=O) groups is 3. The number of methoxy groups -OCH3 is 1. The molecule has 3 aromatic heterocycles. The molecule has 0 unspecified atom stereocenters. The van der Waals surface area contributed by atoms with Crippen LogP contribution in [0.4, 0.5) is 0 Å². The van der Waals surface area contributed by atoms with Crippen molar-refractivity contribution in [3.05, 3.63) is 54.0 Å². The normalized spacial score (nSPS) is 13.3. The Morgan fingerprint density at radius 2 is 1.90 bits per heavy atom. The maximum Gasteiger partial charge on any atom is 0.339 e. The monoisotopic (exact) mass is 422 g/mol. The molecule has 3 aromatic rings. The van der Waals surface area contributed by atoms with Crippen LogP contribution in [0, 0.1) is 0 Å². The van der Waals surface area contributed by atoms with Gasteiger partial charge in [-0.05, 0) is 35.9 Å². The van der Waals surface area contributed by atoms with Crippen LogP contribution < -0.4 is 0 Å². The van der Waals surface area contributed by atoms with Crippen molar-refractivity contribution in [3.8, 4) is 11.5 Å². The zero-order valence-electron chi connectivity index (χ0n) is 16.6. The van der Waals surface area contributed by atoms with Crippen molar-refractivity contribution >= 4 is 17.8 Å². The number of pyridine rings is 2. The molecule has 158 valence electrons. The summed E-state index contributed by atoms with van der Waals surface area (Å²) < 4.78 is 4.62. The van der Waals surface area contributed by atoms with E-state index in [0.717, 1.165) is 4.80 Å². The predicted octanol–water partition coefficient (Wildman–Crippen LogP) is 0.206. The minimum Gasteiger partial charge on any atom is -0.465 e. The van der Waals surface area contributed by atoms with Gasteiger partial charge in [0.05, 0.1) is 12.7 Å². The molecular weight excluding hydrogens is 404 g/mol. The number of hydrazine groups is 1. The number of hydrogen-bond acceptors (Lipinski definition) is 9. The van der Waals surface area contributed by atoms with Gasteiger partial charge in [0.1, 0.15) is 17.9 Å². The molecule has 0 atom stereocenters. The smallest absolute Gasteiger partial charge is 0.339 e. The topological polar surface area (TPSA) is 136 Å². The van der Waals surface area contributed by atoms with Crippen LogP contribution >= 0.6 is 0 Å². The van der Waals surface area contributed by atoms with E-state index < -0.39 is 11.9 Å². The fraction of sp³-hybridized carbons (Fsp3) is 0.263. The summed E-state index contributed by atoms with van der Waals surface area (Å²) in [4.78, 5) is 46.5. The number of esters is 1. The van der Waals surface area contributed by atoms with Gasteiger partial charge in [0, 0.05) is 25.5 Å². The van der Waals surface area contributed by atoms with Crippen LogP contribution in [0.15, 0.2) is 42.7 Å². The van der Waals surface area contributed by atoms with Crippen LogP contribution in [-0.2, 0) is 16.1 Å². The second kappa shape index (κ2) is 8.65. The summed E-state index contributed by atoms with van der Waals surface area (Å²) >= 11 is 0. The first kappa shape index (κ1) is 20.1. The summed E-state index contributed by atoms with van der Waals surface area (Å²) in [5.74, 6) is -1.04. The molecule has 12 nitrogen and oxygen atoms in total. The number of ether oxygens (including phenoxy) is 1. The van der Waals surface area contributed by atoms with Crippen LogP contribution in [0.1, 0.15) is 27.3 Å². The van der Waals surface area contributed by atoms with E-state index >= 15 is 0 Å². The summed E-state index contributed by atoms with van der Waals surface area (Å²) in [6, 6.07) is 8.19. The summed E-state index contributed by atoms with van der Waals surface area (Å²) in [6.45, 7) is 0.569. The standard InChI is InChI=1S/C19H18N8O4/c1-31-19(30)13-6-7-15(21-11-13)18(29)26-10-4-9-25(26)16(28)12-27-23-17(22-24-27)14-5-2-3-8-20-14/h2-3,5-8,11H,4,9-10,12H2,1H3. The second-order valence-corrected chi connectivity index (χ2v) is 6.58. The third-order valence-electron chi connectivity index (χ3n) is 4.58. The van der Waals surface area contributed by atoms with Crippen molar-refractivity contribution in [3.63, 3.8) is 0 Å². The lowest BCUT2D eigenvalue weighted by atomic mass is 10.2. The molecule has 12 heteroatoms. The largest absolute Gasteiger partial charge is 0.465 e. The highest BCUT2D eigenvalue weighted by atomic mass is 16.5. The second-order valence-electron chi connectivity index (χ2n) is 6.58. The van der Waals surface area contributed by atoms with E-state index in [4.69, 9.17) is 0 Å². The van der Waals surface area contributed by atoms with Gasteiger partial charge in [-0.3, -0.25) is 19.6 Å². The van der Waals surface area contributed by atoms with Crippen LogP contribution in [0.2, 0.25) is 0 Å². The van der Waals surface area contributed by atoms with E-state index in [2.05, 4.69) is 30.1 Å². The highest BCUT2D eigenvalue weighted by Gasteiger charge is 2.32. The van der Waals surface area contributed by atoms with Crippen LogP contribution in [0.25, 0.3) is 11.5 Å². The van der Waals surface area contributed by atoms with Gasteiger partial charge in [0.15, 0.2) is 0 Å². The fourth-order valence-electron chi connectivity index (χ4n) is 3.08. The van der Waals surface area contributed by atoms with Crippen LogP contribution in [0.5, 0.6) is 0 Å². The van der Waals surface area contributed by atoms with Crippen LogP contribution in [0.3, 0.4) is 0 Å². The third-order valence-corrected chi connectivity index (χ3v) is 4.58. The van der Waals surface area contributed by atoms with Gasteiger partial charge in [-0.2, -0.15) is 4.80 Å². The summed E-state index contributed by atoms with van der Waals surface area (Å²) in [5, 5.41) is 14.7. The van der Waals surface area contributed by atoms with E-state index in [0.29, 0.717) is 31.0 Å². The number of nitrogens with zero attached hydrogens (tertiary/aromatic N) is 8. The molecule has 4 rings (SSSR count). The molecule has 0 aromatic carbocycles. The Hall–Kier alpha value is -4.22. The molecule has 1 aliphatic heterocycles. The molecule has 31 heavy (non-hydrogen) atoms. The summed E-state index contributed by atoms with van der Waals surface area (Å²) in [5.41, 5.74) is 0.888. The zero-order valence-corrected chi connectivity index (χ0v) is 16.6. The highest BCUT2D eigenvalue weighted by molar-refractivity contribution is 5.95. The number of aromatic nitrogens is 6. The Kier molecular flexibility index (Phi) is 5.60.